The molecule has 1 saturated carbocycles. The first-order chi connectivity index (χ1) is 9.13. The fourth-order valence-corrected chi connectivity index (χ4v) is 2.92. The van der Waals surface area contributed by atoms with Crippen molar-refractivity contribution in [3.8, 4) is 0 Å². The number of amides is 1. The Kier molecular flexibility index (Phi) is 4.53. The van der Waals surface area contributed by atoms with Gasteiger partial charge in [-0.25, -0.2) is 4.39 Å². The van der Waals surface area contributed by atoms with Crippen LogP contribution in [-0.4, -0.2) is 30.4 Å². The molecule has 0 heterocycles. The Hall–Kier alpha value is -1.42. The average molecular weight is 264 g/mol. The molecule has 19 heavy (non-hydrogen) atoms. The minimum atomic E-state index is -0.322. The van der Waals surface area contributed by atoms with Gasteiger partial charge in [0, 0.05) is 18.7 Å². The van der Waals surface area contributed by atoms with E-state index in [0.717, 1.165) is 19.3 Å². The van der Waals surface area contributed by atoms with Crippen molar-refractivity contribution in [1.29, 1.82) is 0 Å². The molecule has 1 fully saturated rings. The van der Waals surface area contributed by atoms with Crippen LogP contribution in [0.2, 0.25) is 0 Å². The van der Waals surface area contributed by atoms with Gasteiger partial charge in [0.25, 0.3) is 5.91 Å². The number of halogens is 1. The molecule has 104 valence electrons. The third kappa shape index (κ3) is 3.13. The van der Waals surface area contributed by atoms with E-state index in [4.69, 9.17) is 5.73 Å². The topological polar surface area (TPSA) is 46.3 Å². The second-order valence-electron chi connectivity index (χ2n) is 5.27. The fraction of sp³-hybridized carbons (Fsp3) is 0.533. The van der Waals surface area contributed by atoms with E-state index < -0.39 is 0 Å². The van der Waals surface area contributed by atoms with Crippen molar-refractivity contribution in [2.45, 2.75) is 31.7 Å². The normalized spacial score (nSPS) is 23.1. The molecular formula is C15H21FN2O. The highest BCUT2D eigenvalue weighted by Crippen LogP contribution is 2.28. The van der Waals surface area contributed by atoms with E-state index in [-0.39, 0.29) is 17.8 Å². The predicted octanol–water partition coefficient (Wildman–Crippen LogP) is 2.42. The monoisotopic (exact) mass is 264 g/mol. The number of carbonyl (C=O) groups excluding carboxylic acids is 1. The lowest BCUT2D eigenvalue weighted by Gasteiger charge is -2.37. The summed E-state index contributed by atoms with van der Waals surface area (Å²) in [6, 6.07) is 5.92. The second kappa shape index (κ2) is 6.15. The Morgan fingerprint density at radius 3 is 2.58 bits per heavy atom. The molecule has 0 aromatic heterocycles. The Bertz CT molecular complexity index is 432. The van der Waals surface area contributed by atoms with E-state index in [9.17, 15) is 9.18 Å². The maximum Gasteiger partial charge on any atom is 0.253 e. The number of nitrogens with zero attached hydrogens (tertiary/aromatic N) is 1. The number of hydrogen-bond acceptors (Lipinski definition) is 2. The third-order valence-corrected chi connectivity index (χ3v) is 4.08. The number of benzene rings is 1. The summed E-state index contributed by atoms with van der Waals surface area (Å²) in [4.78, 5) is 14.2. The van der Waals surface area contributed by atoms with Crippen molar-refractivity contribution in [3.05, 3.63) is 35.6 Å². The first kappa shape index (κ1) is 14.0. The minimum Gasteiger partial charge on any atom is -0.338 e. The van der Waals surface area contributed by atoms with Crippen LogP contribution in [0.25, 0.3) is 0 Å². The maximum absolute atomic E-state index is 12.9. The Morgan fingerprint density at radius 1 is 1.32 bits per heavy atom. The molecule has 1 aromatic rings. The van der Waals surface area contributed by atoms with Gasteiger partial charge in [0.15, 0.2) is 0 Å². The summed E-state index contributed by atoms with van der Waals surface area (Å²) in [6.07, 6.45) is 4.42. The van der Waals surface area contributed by atoms with E-state index in [0.29, 0.717) is 18.0 Å². The van der Waals surface area contributed by atoms with Gasteiger partial charge in [0.2, 0.25) is 0 Å². The summed E-state index contributed by atoms with van der Waals surface area (Å²) < 4.78 is 12.9. The van der Waals surface area contributed by atoms with Crippen LogP contribution in [0.3, 0.4) is 0 Å². The number of nitrogens with two attached hydrogens (primary N) is 1. The highest BCUT2D eigenvalue weighted by molar-refractivity contribution is 5.94. The standard InChI is InChI=1S/C15H21FN2O/c1-18(14-5-3-2-4-12(14)10-17)15(19)11-6-8-13(16)9-7-11/h6-9,12,14H,2-5,10,17H2,1H3. The van der Waals surface area contributed by atoms with E-state index in [1.54, 1.807) is 4.90 Å². The zero-order valence-corrected chi connectivity index (χ0v) is 11.3. The summed E-state index contributed by atoms with van der Waals surface area (Å²) in [7, 11) is 1.82. The summed E-state index contributed by atoms with van der Waals surface area (Å²) in [5.41, 5.74) is 6.34. The van der Waals surface area contributed by atoms with Crippen LogP contribution in [0.1, 0.15) is 36.0 Å². The van der Waals surface area contributed by atoms with Crippen LogP contribution in [0.15, 0.2) is 24.3 Å². The molecule has 2 atom stereocenters. The molecule has 0 bridgehead atoms. The highest BCUT2D eigenvalue weighted by atomic mass is 19.1. The molecule has 0 aliphatic heterocycles. The Labute approximate surface area is 113 Å². The third-order valence-electron chi connectivity index (χ3n) is 4.08. The predicted molar refractivity (Wildman–Crippen MR) is 73.3 cm³/mol. The van der Waals surface area contributed by atoms with Gasteiger partial charge in [-0.1, -0.05) is 12.8 Å². The molecule has 2 rings (SSSR count). The first-order valence-corrected chi connectivity index (χ1v) is 6.86. The SMILES string of the molecule is CN(C(=O)c1ccc(F)cc1)C1CCCCC1CN. The molecule has 4 heteroatoms. The van der Waals surface area contributed by atoms with E-state index in [1.165, 1.54) is 30.7 Å². The van der Waals surface area contributed by atoms with Gasteiger partial charge in [-0.15, -0.1) is 0 Å². The van der Waals surface area contributed by atoms with Crippen molar-refractivity contribution in [2.75, 3.05) is 13.6 Å². The molecule has 2 unspecified atom stereocenters. The van der Waals surface area contributed by atoms with Crippen LogP contribution < -0.4 is 5.73 Å². The van der Waals surface area contributed by atoms with Crippen molar-refractivity contribution in [2.24, 2.45) is 11.7 Å². The number of rotatable bonds is 3. The number of hydrogen-bond donors (Lipinski definition) is 1. The van der Waals surface area contributed by atoms with Gasteiger partial charge < -0.3 is 10.6 Å². The lowest BCUT2D eigenvalue weighted by Crippen LogP contribution is -2.45. The summed E-state index contributed by atoms with van der Waals surface area (Å²) >= 11 is 0. The van der Waals surface area contributed by atoms with Gasteiger partial charge in [0.05, 0.1) is 0 Å². The van der Waals surface area contributed by atoms with Gasteiger partial charge in [-0.05, 0) is 49.6 Å². The minimum absolute atomic E-state index is 0.0506. The van der Waals surface area contributed by atoms with Gasteiger partial charge >= 0.3 is 0 Å². The smallest absolute Gasteiger partial charge is 0.253 e. The molecule has 0 spiro atoms. The lowest BCUT2D eigenvalue weighted by molar-refractivity contribution is 0.0620. The zero-order valence-electron chi connectivity index (χ0n) is 11.3. The lowest BCUT2D eigenvalue weighted by atomic mass is 9.83. The van der Waals surface area contributed by atoms with Crippen LogP contribution >= 0.6 is 0 Å². The summed E-state index contributed by atoms with van der Waals surface area (Å²) in [6.45, 7) is 0.617. The Balaban J connectivity index is 2.11. The van der Waals surface area contributed by atoms with Gasteiger partial charge in [-0.3, -0.25) is 4.79 Å². The van der Waals surface area contributed by atoms with E-state index >= 15 is 0 Å². The highest BCUT2D eigenvalue weighted by Gasteiger charge is 2.30. The summed E-state index contributed by atoms with van der Waals surface area (Å²) in [5.74, 6) is 0.00482. The molecule has 3 nitrogen and oxygen atoms in total. The van der Waals surface area contributed by atoms with Gasteiger partial charge in [-0.2, -0.15) is 0 Å². The Morgan fingerprint density at radius 2 is 1.95 bits per heavy atom. The molecule has 2 N–H and O–H groups in total. The van der Waals surface area contributed by atoms with Crippen LogP contribution in [0, 0.1) is 11.7 Å². The van der Waals surface area contributed by atoms with E-state index in [2.05, 4.69) is 0 Å². The van der Waals surface area contributed by atoms with Crippen LogP contribution in [-0.2, 0) is 0 Å². The van der Waals surface area contributed by atoms with Crippen LogP contribution in [0.4, 0.5) is 4.39 Å². The van der Waals surface area contributed by atoms with Gasteiger partial charge in [0.1, 0.15) is 5.82 Å². The molecular weight excluding hydrogens is 243 g/mol. The van der Waals surface area contributed by atoms with Crippen molar-refractivity contribution >= 4 is 5.91 Å². The fourth-order valence-electron chi connectivity index (χ4n) is 2.92. The molecule has 1 amide bonds. The largest absolute Gasteiger partial charge is 0.338 e. The molecule has 1 aliphatic carbocycles. The second-order valence-corrected chi connectivity index (χ2v) is 5.27. The first-order valence-electron chi connectivity index (χ1n) is 6.86. The zero-order chi connectivity index (χ0) is 13.8. The van der Waals surface area contributed by atoms with Crippen LogP contribution in [0.5, 0.6) is 0 Å². The molecule has 0 radical (unpaired) electrons. The number of carbonyl (C=O) groups is 1. The van der Waals surface area contributed by atoms with E-state index in [1.807, 2.05) is 7.05 Å². The molecule has 1 aliphatic rings. The maximum atomic E-state index is 12.9. The average Bonchev–Trinajstić information content (AvgIpc) is 2.46. The quantitative estimate of drug-likeness (QED) is 0.911. The summed E-state index contributed by atoms with van der Waals surface area (Å²) in [5, 5.41) is 0. The molecule has 1 aromatic carbocycles. The van der Waals surface area contributed by atoms with Crippen molar-refractivity contribution in [3.63, 3.8) is 0 Å². The van der Waals surface area contributed by atoms with Crippen molar-refractivity contribution < 1.29 is 9.18 Å². The molecule has 0 saturated heterocycles. The van der Waals surface area contributed by atoms with Crippen molar-refractivity contribution in [1.82, 2.24) is 4.90 Å².